The molecule has 29 heavy (non-hydrogen) atoms. The van der Waals surface area contributed by atoms with E-state index in [0.29, 0.717) is 13.1 Å². The van der Waals surface area contributed by atoms with Gasteiger partial charge in [-0.05, 0) is 23.6 Å². The second-order valence-corrected chi connectivity index (χ2v) is 6.45. The molecule has 1 amide bonds. The highest BCUT2D eigenvalue weighted by Gasteiger charge is 2.22. The molecule has 0 aromatic heterocycles. The van der Waals surface area contributed by atoms with Crippen molar-refractivity contribution in [2.45, 2.75) is 13.0 Å². The predicted octanol–water partition coefficient (Wildman–Crippen LogP) is 3.11. The number of guanidine groups is 1. The van der Waals surface area contributed by atoms with E-state index in [-0.39, 0.29) is 23.4 Å². The molecule has 4 N–H and O–H groups in total. The van der Waals surface area contributed by atoms with Crippen LogP contribution in [0.4, 0.5) is 14.9 Å². The standard InChI is InChI=1S/C21H20FN5O2/c22-18-17(13-29-21(28)26-20(24)25)7-6-16(12-23)19(18)27-10-8-15(9-11-27)14-4-2-1-3-5-14/h1-8H,9-11,13H2,(H4,24,25,26,28). The van der Waals surface area contributed by atoms with E-state index in [9.17, 15) is 10.1 Å². The number of carbonyl (C=O) groups excluding carboxylic acids is 1. The first kappa shape index (κ1) is 19.9. The second-order valence-electron chi connectivity index (χ2n) is 6.45. The van der Waals surface area contributed by atoms with E-state index in [4.69, 9.17) is 15.9 Å². The van der Waals surface area contributed by atoms with Gasteiger partial charge in [-0.3, -0.25) is 10.7 Å². The van der Waals surface area contributed by atoms with Gasteiger partial charge in [-0.15, -0.1) is 0 Å². The molecule has 0 spiro atoms. The highest BCUT2D eigenvalue weighted by atomic mass is 19.1. The quantitative estimate of drug-likeness (QED) is 0.545. The highest BCUT2D eigenvalue weighted by molar-refractivity contribution is 5.90. The Labute approximate surface area is 167 Å². The summed E-state index contributed by atoms with van der Waals surface area (Å²) in [6, 6.07) is 14.9. The molecule has 0 saturated carbocycles. The van der Waals surface area contributed by atoms with Gasteiger partial charge in [0, 0.05) is 18.7 Å². The van der Waals surface area contributed by atoms with Gasteiger partial charge in [0.1, 0.15) is 12.7 Å². The lowest BCUT2D eigenvalue weighted by Gasteiger charge is -2.30. The Morgan fingerprint density at radius 1 is 1.31 bits per heavy atom. The Kier molecular flexibility index (Phi) is 6.09. The van der Waals surface area contributed by atoms with E-state index in [0.717, 1.165) is 12.0 Å². The van der Waals surface area contributed by atoms with Gasteiger partial charge >= 0.3 is 6.09 Å². The molecular weight excluding hydrogens is 373 g/mol. The van der Waals surface area contributed by atoms with Crippen molar-refractivity contribution in [3.05, 3.63) is 71.0 Å². The summed E-state index contributed by atoms with van der Waals surface area (Å²) in [6.07, 6.45) is 1.80. The minimum Gasteiger partial charge on any atom is -0.444 e. The SMILES string of the molecule is N#Cc1ccc(COC(=O)NC(=N)N)c(F)c1N1CC=C(c2ccccc2)CC1. The van der Waals surface area contributed by atoms with Crippen LogP contribution in [0.2, 0.25) is 0 Å². The summed E-state index contributed by atoms with van der Waals surface area (Å²) in [5, 5.41) is 18.4. The maximum Gasteiger partial charge on any atom is 0.414 e. The Morgan fingerprint density at radius 3 is 2.69 bits per heavy atom. The molecular formula is C21H20FN5O2. The van der Waals surface area contributed by atoms with Crippen LogP contribution in [0.15, 0.2) is 48.5 Å². The van der Waals surface area contributed by atoms with Crippen LogP contribution in [-0.2, 0) is 11.3 Å². The van der Waals surface area contributed by atoms with E-state index < -0.39 is 17.9 Å². The molecule has 2 aromatic carbocycles. The first-order chi connectivity index (χ1) is 14.0. The van der Waals surface area contributed by atoms with Gasteiger partial charge in [-0.2, -0.15) is 5.26 Å². The lowest BCUT2D eigenvalue weighted by Crippen LogP contribution is -2.36. The van der Waals surface area contributed by atoms with Crippen molar-refractivity contribution in [3.8, 4) is 6.07 Å². The summed E-state index contributed by atoms with van der Waals surface area (Å²) in [5.41, 5.74) is 7.92. The number of benzene rings is 2. The first-order valence-corrected chi connectivity index (χ1v) is 8.98. The highest BCUT2D eigenvalue weighted by Crippen LogP contribution is 2.31. The molecule has 0 bridgehead atoms. The lowest BCUT2D eigenvalue weighted by atomic mass is 9.98. The number of hydrogen-bond donors (Lipinski definition) is 3. The molecule has 2 aromatic rings. The van der Waals surface area contributed by atoms with E-state index in [2.05, 4.69) is 0 Å². The van der Waals surface area contributed by atoms with E-state index in [1.54, 1.807) is 4.90 Å². The number of halogens is 1. The Hall–Kier alpha value is -3.86. The molecule has 1 aliphatic heterocycles. The summed E-state index contributed by atoms with van der Waals surface area (Å²) in [7, 11) is 0. The number of nitrogens with one attached hydrogen (secondary N) is 2. The van der Waals surface area contributed by atoms with Gasteiger partial charge in [0.15, 0.2) is 11.8 Å². The zero-order valence-electron chi connectivity index (χ0n) is 15.6. The zero-order valence-corrected chi connectivity index (χ0v) is 15.6. The zero-order chi connectivity index (χ0) is 20.8. The summed E-state index contributed by atoms with van der Waals surface area (Å²) in [4.78, 5) is 13.3. The summed E-state index contributed by atoms with van der Waals surface area (Å²) in [6.45, 7) is 0.676. The van der Waals surface area contributed by atoms with Crippen LogP contribution < -0.4 is 16.0 Å². The molecule has 0 unspecified atom stereocenters. The molecule has 0 saturated heterocycles. The summed E-state index contributed by atoms with van der Waals surface area (Å²) >= 11 is 0. The van der Waals surface area contributed by atoms with Crippen LogP contribution in [0.1, 0.15) is 23.1 Å². The Morgan fingerprint density at radius 2 is 2.07 bits per heavy atom. The average Bonchev–Trinajstić information content (AvgIpc) is 2.73. The predicted molar refractivity (Wildman–Crippen MR) is 108 cm³/mol. The third kappa shape index (κ3) is 4.71. The number of nitrogens with zero attached hydrogens (tertiary/aromatic N) is 2. The lowest BCUT2D eigenvalue weighted by molar-refractivity contribution is 0.143. The largest absolute Gasteiger partial charge is 0.444 e. The van der Waals surface area contributed by atoms with Crippen molar-refractivity contribution < 1.29 is 13.9 Å². The summed E-state index contributed by atoms with van der Waals surface area (Å²) < 4.78 is 20.0. The van der Waals surface area contributed by atoms with Crippen LogP contribution in [0.5, 0.6) is 0 Å². The number of nitriles is 1. The van der Waals surface area contributed by atoms with Gasteiger partial charge < -0.3 is 15.4 Å². The Bertz CT molecular complexity index is 998. The molecule has 0 fully saturated rings. The number of amides is 1. The molecule has 3 rings (SSSR count). The third-order valence-electron chi connectivity index (χ3n) is 4.58. The van der Waals surface area contributed by atoms with Crippen LogP contribution in [0, 0.1) is 22.6 Å². The number of rotatable bonds is 4. The molecule has 1 heterocycles. The number of carbonyl (C=O) groups is 1. The van der Waals surface area contributed by atoms with Gasteiger partial charge in [-0.25, -0.2) is 9.18 Å². The maximum atomic E-state index is 15.1. The normalized spacial score (nSPS) is 13.2. The van der Waals surface area contributed by atoms with E-state index in [1.807, 2.05) is 47.8 Å². The molecule has 1 aliphatic rings. The van der Waals surface area contributed by atoms with Crippen molar-refractivity contribution in [3.63, 3.8) is 0 Å². The van der Waals surface area contributed by atoms with Gasteiger partial charge in [0.2, 0.25) is 0 Å². The number of ether oxygens (including phenoxy) is 1. The average molecular weight is 393 g/mol. The number of alkyl carbamates (subject to hydrolysis) is 1. The van der Waals surface area contributed by atoms with E-state index >= 15 is 4.39 Å². The Balaban J connectivity index is 1.80. The number of anilines is 1. The minimum absolute atomic E-state index is 0.135. The minimum atomic E-state index is -0.948. The smallest absolute Gasteiger partial charge is 0.414 e. The van der Waals surface area contributed by atoms with Gasteiger partial charge in [0.05, 0.1) is 11.3 Å². The van der Waals surface area contributed by atoms with Crippen molar-refractivity contribution in [1.82, 2.24) is 5.32 Å². The summed E-state index contributed by atoms with van der Waals surface area (Å²) in [5.74, 6) is -1.17. The van der Waals surface area contributed by atoms with Crippen molar-refractivity contribution >= 4 is 23.3 Å². The van der Waals surface area contributed by atoms with Crippen molar-refractivity contribution in [2.75, 3.05) is 18.0 Å². The fraction of sp³-hybridized carbons (Fsp3) is 0.190. The third-order valence-corrected chi connectivity index (χ3v) is 4.58. The number of hydrogen-bond acceptors (Lipinski definition) is 5. The van der Waals surface area contributed by atoms with Gasteiger partial charge in [-0.1, -0.05) is 42.5 Å². The topological polar surface area (TPSA) is 115 Å². The fourth-order valence-corrected chi connectivity index (χ4v) is 3.19. The molecule has 7 nitrogen and oxygen atoms in total. The van der Waals surface area contributed by atoms with Crippen LogP contribution in [-0.4, -0.2) is 25.1 Å². The molecule has 148 valence electrons. The fourth-order valence-electron chi connectivity index (χ4n) is 3.19. The monoisotopic (exact) mass is 393 g/mol. The van der Waals surface area contributed by atoms with Crippen molar-refractivity contribution in [2.24, 2.45) is 5.73 Å². The van der Waals surface area contributed by atoms with Crippen molar-refractivity contribution in [1.29, 1.82) is 10.7 Å². The molecule has 0 radical (unpaired) electrons. The molecule has 8 heteroatoms. The van der Waals surface area contributed by atoms with Crippen LogP contribution >= 0.6 is 0 Å². The number of nitrogens with two attached hydrogens (primary N) is 1. The molecule has 0 aliphatic carbocycles. The maximum absolute atomic E-state index is 15.1. The molecule has 0 atom stereocenters. The van der Waals surface area contributed by atoms with E-state index in [1.165, 1.54) is 17.7 Å². The van der Waals surface area contributed by atoms with Crippen LogP contribution in [0.3, 0.4) is 0 Å². The van der Waals surface area contributed by atoms with Crippen LogP contribution in [0.25, 0.3) is 5.57 Å². The first-order valence-electron chi connectivity index (χ1n) is 8.98. The van der Waals surface area contributed by atoms with Gasteiger partial charge in [0.25, 0.3) is 0 Å². The second kappa shape index (κ2) is 8.89.